The molecule has 0 saturated carbocycles. The number of hydrogen-bond acceptors (Lipinski definition) is 6. The van der Waals surface area contributed by atoms with Gasteiger partial charge in [-0.15, -0.1) is 5.10 Å². The molecule has 0 aliphatic carbocycles. The Kier molecular flexibility index (Phi) is 4.40. The van der Waals surface area contributed by atoms with E-state index < -0.39 is 18.1 Å². The molecule has 1 saturated heterocycles. The number of aromatic nitrogens is 5. The SMILES string of the molecule is O=C(N[C@H]1C[C@@H](O)CN(C(=O)c2nc3ncccn3n2)C1)c1cccc2cc[nH]c12. The van der Waals surface area contributed by atoms with E-state index in [1.807, 2.05) is 18.2 Å². The van der Waals surface area contributed by atoms with Gasteiger partial charge in [-0.05, 0) is 24.6 Å². The van der Waals surface area contributed by atoms with Crippen molar-refractivity contribution >= 4 is 28.5 Å². The number of carbonyl (C=O) groups is 2. The number of hydrogen-bond donors (Lipinski definition) is 3. The first-order valence-electron chi connectivity index (χ1n) is 9.60. The van der Waals surface area contributed by atoms with Crippen LogP contribution in [0.3, 0.4) is 0 Å². The van der Waals surface area contributed by atoms with E-state index in [9.17, 15) is 14.7 Å². The number of fused-ring (bicyclic) bond motifs is 2. The van der Waals surface area contributed by atoms with Crippen LogP contribution in [0.15, 0.2) is 48.9 Å². The lowest BCUT2D eigenvalue weighted by atomic mass is 10.0. The molecule has 1 fully saturated rings. The lowest BCUT2D eigenvalue weighted by Crippen LogP contribution is -2.54. The van der Waals surface area contributed by atoms with Crippen molar-refractivity contribution < 1.29 is 14.7 Å². The van der Waals surface area contributed by atoms with Crippen molar-refractivity contribution in [1.82, 2.24) is 34.8 Å². The van der Waals surface area contributed by atoms with E-state index in [1.54, 1.807) is 30.7 Å². The molecule has 0 unspecified atom stereocenters. The monoisotopic (exact) mass is 405 g/mol. The number of likely N-dealkylation sites (tertiary alicyclic amines) is 1. The number of benzene rings is 1. The molecular formula is C20H19N7O3. The largest absolute Gasteiger partial charge is 0.391 e. The van der Waals surface area contributed by atoms with Gasteiger partial charge in [0.1, 0.15) is 0 Å². The van der Waals surface area contributed by atoms with Crippen molar-refractivity contribution in [1.29, 1.82) is 0 Å². The number of carbonyl (C=O) groups excluding carboxylic acids is 2. The summed E-state index contributed by atoms with van der Waals surface area (Å²) in [5.41, 5.74) is 1.27. The topological polar surface area (TPSA) is 129 Å². The highest BCUT2D eigenvalue weighted by Gasteiger charge is 2.32. The zero-order valence-electron chi connectivity index (χ0n) is 15.9. The Balaban J connectivity index is 1.33. The molecule has 4 heterocycles. The van der Waals surface area contributed by atoms with Gasteiger partial charge in [-0.2, -0.15) is 4.98 Å². The summed E-state index contributed by atoms with van der Waals surface area (Å²) in [5, 5.41) is 18.3. The highest BCUT2D eigenvalue weighted by Crippen LogP contribution is 2.19. The average Bonchev–Trinajstić information content (AvgIpc) is 3.39. The van der Waals surface area contributed by atoms with Crippen LogP contribution in [-0.2, 0) is 0 Å². The van der Waals surface area contributed by atoms with Gasteiger partial charge >= 0.3 is 0 Å². The van der Waals surface area contributed by atoms with E-state index >= 15 is 0 Å². The highest BCUT2D eigenvalue weighted by molar-refractivity contribution is 6.05. The Morgan fingerprint density at radius 2 is 2.10 bits per heavy atom. The summed E-state index contributed by atoms with van der Waals surface area (Å²) in [4.78, 5) is 38.5. The predicted octanol–water partition coefficient (Wildman–Crippen LogP) is 0.611. The second kappa shape index (κ2) is 7.23. The van der Waals surface area contributed by atoms with Gasteiger partial charge in [0.2, 0.25) is 5.82 Å². The van der Waals surface area contributed by atoms with Gasteiger partial charge in [-0.3, -0.25) is 9.59 Å². The molecule has 0 radical (unpaired) electrons. The molecule has 5 rings (SSSR count). The normalized spacial score (nSPS) is 19.3. The minimum Gasteiger partial charge on any atom is -0.391 e. The van der Waals surface area contributed by atoms with E-state index in [0.717, 1.165) is 10.9 Å². The number of aliphatic hydroxyl groups is 1. The summed E-state index contributed by atoms with van der Waals surface area (Å²) in [5.74, 6) is -0.346. The summed E-state index contributed by atoms with van der Waals surface area (Å²) in [6, 6.07) is 8.67. The number of amides is 2. The molecule has 152 valence electrons. The number of aliphatic hydroxyl groups excluding tert-OH is 1. The number of H-pyrrole nitrogens is 1. The first-order chi connectivity index (χ1) is 14.6. The molecule has 10 heteroatoms. The average molecular weight is 405 g/mol. The smallest absolute Gasteiger partial charge is 0.293 e. The molecule has 10 nitrogen and oxygen atoms in total. The number of aromatic amines is 1. The standard InChI is InChI=1S/C20H19N7O3/c28-14-9-13(23-18(29)15-4-1-3-12-5-7-21-16(12)15)10-26(11-14)19(30)17-24-20-22-6-2-8-27(20)25-17/h1-8,13-14,21,28H,9-11H2,(H,23,29)/t13-,14+/m0/s1. The zero-order valence-corrected chi connectivity index (χ0v) is 15.9. The Bertz CT molecular complexity index is 1210. The second-order valence-corrected chi connectivity index (χ2v) is 7.32. The first kappa shape index (κ1) is 18.3. The van der Waals surface area contributed by atoms with Gasteiger partial charge in [-0.1, -0.05) is 12.1 Å². The van der Waals surface area contributed by atoms with E-state index in [1.165, 1.54) is 9.42 Å². The van der Waals surface area contributed by atoms with Crippen LogP contribution >= 0.6 is 0 Å². The van der Waals surface area contributed by atoms with Crippen molar-refractivity contribution in [2.45, 2.75) is 18.6 Å². The molecule has 1 aliphatic rings. The number of nitrogens with zero attached hydrogens (tertiary/aromatic N) is 5. The molecule has 0 bridgehead atoms. The van der Waals surface area contributed by atoms with E-state index in [2.05, 4.69) is 25.4 Å². The van der Waals surface area contributed by atoms with Crippen LogP contribution in [0.25, 0.3) is 16.7 Å². The number of para-hydroxylation sites is 1. The summed E-state index contributed by atoms with van der Waals surface area (Å²) in [7, 11) is 0. The fourth-order valence-electron chi connectivity index (χ4n) is 3.84. The molecule has 0 spiro atoms. The maximum absolute atomic E-state index is 12.9. The lowest BCUT2D eigenvalue weighted by molar-refractivity contribution is 0.0363. The third-order valence-corrected chi connectivity index (χ3v) is 5.19. The third-order valence-electron chi connectivity index (χ3n) is 5.19. The van der Waals surface area contributed by atoms with Crippen molar-refractivity contribution in [2.75, 3.05) is 13.1 Å². The summed E-state index contributed by atoms with van der Waals surface area (Å²) >= 11 is 0. The van der Waals surface area contributed by atoms with Crippen molar-refractivity contribution in [3.8, 4) is 0 Å². The van der Waals surface area contributed by atoms with Crippen LogP contribution in [0.5, 0.6) is 0 Å². The summed E-state index contributed by atoms with van der Waals surface area (Å²) < 4.78 is 1.42. The van der Waals surface area contributed by atoms with Gasteiger partial charge in [0.15, 0.2) is 0 Å². The fraction of sp³-hybridized carbons (Fsp3) is 0.250. The summed E-state index contributed by atoms with van der Waals surface area (Å²) in [6.07, 6.45) is 4.60. The van der Waals surface area contributed by atoms with Gasteiger partial charge in [0, 0.05) is 43.1 Å². The van der Waals surface area contributed by atoms with Gasteiger partial charge in [0.25, 0.3) is 17.6 Å². The number of β-amino-alcohol motifs (C(OH)–C–C–N with tert-alkyl or cyclic N) is 1. The van der Waals surface area contributed by atoms with E-state index in [0.29, 0.717) is 17.8 Å². The molecule has 30 heavy (non-hydrogen) atoms. The summed E-state index contributed by atoms with van der Waals surface area (Å²) in [6.45, 7) is 0.408. The minimum atomic E-state index is -0.760. The van der Waals surface area contributed by atoms with Crippen molar-refractivity contribution in [3.63, 3.8) is 0 Å². The fourth-order valence-corrected chi connectivity index (χ4v) is 3.84. The molecule has 3 aromatic heterocycles. The highest BCUT2D eigenvalue weighted by atomic mass is 16.3. The molecule has 4 aromatic rings. The molecule has 2 atom stereocenters. The van der Waals surface area contributed by atoms with Crippen LogP contribution < -0.4 is 5.32 Å². The van der Waals surface area contributed by atoms with E-state index in [-0.39, 0.29) is 24.8 Å². The van der Waals surface area contributed by atoms with E-state index in [4.69, 9.17) is 0 Å². The van der Waals surface area contributed by atoms with Crippen LogP contribution in [-0.4, -0.2) is 71.6 Å². The molecule has 1 aliphatic heterocycles. The molecule has 2 amide bonds. The predicted molar refractivity (Wildman–Crippen MR) is 107 cm³/mol. The van der Waals surface area contributed by atoms with Crippen LogP contribution in [0.2, 0.25) is 0 Å². The number of piperidine rings is 1. The van der Waals surface area contributed by atoms with Crippen LogP contribution in [0, 0.1) is 0 Å². The minimum absolute atomic E-state index is 0.00373. The Hall–Kier alpha value is -3.79. The maximum Gasteiger partial charge on any atom is 0.293 e. The number of nitrogens with one attached hydrogen (secondary N) is 2. The second-order valence-electron chi connectivity index (χ2n) is 7.32. The molecule has 1 aromatic carbocycles. The molecule has 3 N–H and O–H groups in total. The van der Waals surface area contributed by atoms with Crippen molar-refractivity contribution in [3.05, 3.63) is 60.3 Å². The zero-order chi connectivity index (χ0) is 20.7. The van der Waals surface area contributed by atoms with Crippen molar-refractivity contribution in [2.24, 2.45) is 0 Å². The maximum atomic E-state index is 12.9. The van der Waals surface area contributed by atoms with Gasteiger partial charge in [-0.25, -0.2) is 9.50 Å². The Morgan fingerprint density at radius 1 is 1.20 bits per heavy atom. The third kappa shape index (κ3) is 3.26. The molecular weight excluding hydrogens is 386 g/mol. The lowest BCUT2D eigenvalue weighted by Gasteiger charge is -2.35. The quantitative estimate of drug-likeness (QED) is 0.458. The van der Waals surface area contributed by atoms with Gasteiger partial charge < -0.3 is 20.3 Å². The Morgan fingerprint density at radius 3 is 2.97 bits per heavy atom. The number of rotatable bonds is 3. The van der Waals surface area contributed by atoms with Crippen LogP contribution in [0.4, 0.5) is 0 Å². The van der Waals surface area contributed by atoms with Gasteiger partial charge in [0.05, 0.1) is 17.2 Å². The van der Waals surface area contributed by atoms with Crippen LogP contribution in [0.1, 0.15) is 27.4 Å². The Labute approximate surface area is 170 Å². The first-order valence-corrected chi connectivity index (χ1v) is 9.60.